The highest BCUT2D eigenvalue weighted by Gasteiger charge is 2.25. The van der Waals surface area contributed by atoms with Crippen molar-refractivity contribution in [2.24, 2.45) is 11.7 Å². The van der Waals surface area contributed by atoms with E-state index >= 15 is 0 Å². The predicted molar refractivity (Wildman–Crippen MR) is 90.9 cm³/mol. The molecule has 0 spiro atoms. The molecule has 2 unspecified atom stereocenters. The SMILES string of the molecule is CNC(=O)c1ccc(CN(C)C(=O)CC2CCCCC2N)cc1. The first-order valence-electron chi connectivity index (χ1n) is 8.32. The molecule has 1 aromatic carbocycles. The van der Waals surface area contributed by atoms with Crippen molar-refractivity contribution < 1.29 is 9.59 Å². The number of benzene rings is 1. The molecule has 3 N–H and O–H groups in total. The van der Waals surface area contributed by atoms with Crippen molar-refractivity contribution in [3.8, 4) is 0 Å². The molecule has 2 atom stereocenters. The van der Waals surface area contributed by atoms with Crippen molar-refractivity contribution >= 4 is 11.8 Å². The van der Waals surface area contributed by atoms with Crippen LogP contribution in [-0.2, 0) is 11.3 Å². The van der Waals surface area contributed by atoms with E-state index in [1.807, 2.05) is 19.2 Å². The third-order valence-corrected chi connectivity index (χ3v) is 4.69. The summed E-state index contributed by atoms with van der Waals surface area (Å²) in [7, 11) is 3.43. The lowest BCUT2D eigenvalue weighted by Gasteiger charge is -2.29. The first kappa shape index (κ1) is 17.5. The molecule has 1 fully saturated rings. The highest BCUT2D eigenvalue weighted by atomic mass is 16.2. The third-order valence-electron chi connectivity index (χ3n) is 4.69. The van der Waals surface area contributed by atoms with Crippen LogP contribution in [-0.4, -0.2) is 36.9 Å². The zero-order valence-electron chi connectivity index (χ0n) is 14.0. The van der Waals surface area contributed by atoms with Crippen LogP contribution in [0.2, 0.25) is 0 Å². The van der Waals surface area contributed by atoms with E-state index in [2.05, 4.69) is 5.32 Å². The van der Waals surface area contributed by atoms with Gasteiger partial charge in [0, 0.05) is 38.7 Å². The second-order valence-electron chi connectivity index (χ2n) is 6.44. The minimum absolute atomic E-state index is 0.104. The van der Waals surface area contributed by atoms with Crippen LogP contribution in [0.4, 0.5) is 0 Å². The van der Waals surface area contributed by atoms with Gasteiger partial charge in [0.1, 0.15) is 0 Å². The number of hydrogen-bond donors (Lipinski definition) is 2. The smallest absolute Gasteiger partial charge is 0.251 e. The van der Waals surface area contributed by atoms with Gasteiger partial charge < -0.3 is 16.0 Å². The largest absolute Gasteiger partial charge is 0.355 e. The molecular formula is C18H27N3O2. The molecule has 1 saturated carbocycles. The molecule has 126 valence electrons. The summed E-state index contributed by atoms with van der Waals surface area (Å²) in [5.41, 5.74) is 7.77. The Morgan fingerprint density at radius 3 is 2.48 bits per heavy atom. The van der Waals surface area contributed by atoms with Gasteiger partial charge in [-0.05, 0) is 36.5 Å². The molecule has 0 saturated heterocycles. The molecule has 0 radical (unpaired) electrons. The number of nitrogens with two attached hydrogens (primary N) is 1. The van der Waals surface area contributed by atoms with Gasteiger partial charge in [0.05, 0.1) is 0 Å². The van der Waals surface area contributed by atoms with Crippen LogP contribution < -0.4 is 11.1 Å². The van der Waals surface area contributed by atoms with Crippen molar-refractivity contribution in [2.75, 3.05) is 14.1 Å². The van der Waals surface area contributed by atoms with Gasteiger partial charge in [0.2, 0.25) is 5.91 Å². The summed E-state index contributed by atoms with van der Waals surface area (Å²) in [5, 5.41) is 2.59. The Bertz CT molecular complexity index is 542. The number of hydrogen-bond acceptors (Lipinski definition) is 3. The van der Waals surface area contributed by atoms with Crippen molar-refractivity contribution in [1.29, 1.82) is 0 Å². The van der Waals surface area contributed by atoms with Crippen molar-refractivity contribution in [3.05, 3.63) is 35.4 Å². The Morgan fingerprint density at radius 2 is 1.87 bits per heavy atom. The normalized spacial score (nSPS) is 20.8. The topological polar surface area (TPSA) is 75.4 Å². The van der Waals surface area contributed by atoms with E-state index in [4.69, 9.17) is 5.73 Å². The molecule has 1 aliphatic carbocycles. The van der Waals surface area contributed by atoms with Gasteiger partial charge in [-0.15, -0.1) is 0 Å². The molecule has 0 aromatic heterocycles. The van der Waals surface area contributed by atoms with Crippen molar-refractivity contribution in [2.45, 2.75) is 44.7 Å². The molecular weight excluding hydrogens is 290 g/mol. The van der Waals surface area contributed by atoms with Crippen LogP contribution in [0.15, 0.2) is 24.3 Å². The zero-order valence-corrected chi connectivity index (χ0v) is 14.0. The number of nitrogens with one attached hydrogen (secondary N) is 1. The first-order chi connectivity index (χ1) is 11.0. The van der Waals surface area contributed by atoms with E-state index in [9.17, 15) is 9.59 Å². The number of carbonyl (C=O) groups excluding carboxylic acids is 2. The summed E-state index contributed by atoms with van der Waals surface area (Å²) in [4.78, 5) is 25.7. The quantitative estimate of drug-likeness (QED) is 0.871. The fraction of sp³-hybridized carbons (Fsp3) is 0.556. The molecule has 5 heteroatoms. The van der Waals surface area contributed by atoms with Gasteiger partial charge >= 0.3 is 0 Å². The van der Waals surface area contributed by atoms with Crippen LogP contribution in [0.3, 0.4) is 0 Å². The molecule has 0 aliphatic heterocycles. The lowest BCUT2D eigenvalue weighted by atomic mass is 9.83. The Hall–Kier alpha value is -1.88. The van der Waals surface area contributed by atoms with E-state index < -0.39 is 0 Å². The summed E-state index contributed by atoms with van der Waals surface area (Å²) in [6.45, 7) is 0.550. The maximum Gasteiger partial charge on any atom is 0.251 e. The van der Waals surface area contributed by atoms with Crippen LogP contribution >= 0.6 is 0 Å². The number of nitrogens with zero attached hydrogens (tertiary/aromatic N) is 1. The minimum Gasteiger partial charge on any atom is -0.355 e. The fourth-order valence-electron chi connectivity index (χ4n) is 3.14. The average molecular weight is 317 g/mol. The van der Waals surface area contributed by atoms with Gasteiger partial charge in [0.15, 0.2) is 0 Å². The maximum atomic E-state index is 12.4. The Morgan fingerprint density at radius 1 is 1.22 bits per heavy atom. The van der Waals surface area contributed by atoms with Gasteiger partial charge in [-0.3, -0.25) is 9.59 Å². The molecule has 0 heterocycles. The molecule has 1 aliphatic rings. The Kier molecular flexibility index (Phi) is 6.16. The number of carbonyl (C=O) groups is 2. The van der Waals surface area contributed by atoms with Crippen molar-refractivity contribution in [1.82, 2.24) is 10.2 Å². The molecule has 23 heavy (non-hydrogen) atoms. The highest BCUT2D eigenvalue weighted by Crippen LogP contribution is 2.26. The van der Waals surface area contributed by atoms with E-state index in [1.54, 1.807) is 24.1 Å². The second kappa shape index (κ2) is 8.11. The van der Waals surface area contributed by atoms with E-state index in [-0.39, 0.29) is 17.9 Å². The predicted octanol–water partition coefficient (Wildman–Crippen LogP) is 1.91. The van der Waals surface area contributed by atoms with Gasteiger partial charge in [0.25, 0.3) is 5.91 Å². The zero-order chi connectivity index (χ0) is 16.8. The Labute approximate surface area is 138 Å². The van der Waals surface area contributed by atoms with Crippen molar-refractivity contribution in [3.63, 3.8) is 0 Å². The van der Waals surface area contributed by atoms with Gasteiger partial charge in [-0.25, -0.2) is 0 Å². The summed E-state index contributed by atoms with van der Waals surface area (Å²) in [6, 6.07) is 7.50. The molecule has 0 bridgehead atoms. The van der Waals surface area contributed by atoms with Gasteiger partial charge in [-0.1, -0.05) is 25.0 Å². The second-order valence-corrected chi connectivity index (χ2v) is 6.44. The van der Waals surface area contributed by atoms with Crippen LogP contribution in [0.5, 0.6) is 0 Å². The van der Waals surface area contributed by atoms with Crippen LogP contribution in [0.25, 0.3) is 0 Å². The molecule has 2 amide bonds. The lowest BCUT2D eigenvalue weighted by Crippen LogP contribution is -2.37. The number of amides is 2. The molecule has 2 rings (SSSR count). The highest BCUT2D eigenvalue weighted by molar-refractivity contribution is 5.93. The monoisotopic (exact) mass is 317 g/mol. The third kappa shape index (κ3) is 4.79. The summed E-state index contributed by atoms with van der Waals surface area (Å²) < 4.78 is 0. The average Bonchev–Trinajstić information content (AvgIpc) is 2.56. The summed E-state index contributed by atoms with van der Waals surface area (Å²) >= 11 is 0. The Balaban J connectivity index is 1.89. The maximum absolute atomic E-state index is 12.4. The molecule has 5 nitrogen and oxygen atoms in total. The number of rotatable bonds is 5. The minimum atomic E-state index is -0.104. The van der Waals surface area contributed by atoms with Crippen LogP contribution in [0.1, 0.15) is 48.0 Å². The lowest BCUT2D eigenvalue weighted by molar-refractivity contribution is -0.131. The van der Waals surface area contributed by atoms with Gasteiger partial charge in [-0.2, -0.15) is 0 Å². The van der Waals surface area contributed by atoms with E-state index in [0.29, 0.717) is 24.4 Å². The fourth-order valence-corrected chi connectivity index (χ4v) is 3.14. The van der Waals surface area contributed by atoms with Crippen LogP contribution in [0, 0.1) is 5.92 Å². The molecule has 1 aromatic rings. The van der Waals surface area contributed by atoms with E-state index in [0.717, 1.165) is 18.4 Å². The summed E-state index contributed by atoms with van der Waals surface area (Å²) in [5.74, 6) is 0.351. The summed E-state index contributed by atoms with van der Waals surface area (Å²) in [6.07, 6.45) is 4.98. The standard InChI is InChI=1S/C18H27N3O2/c1-20-18(23)14-9-7-13(8-10-14)12-21(2)17(22)11-15-5-3-4-6-16(15)19/h7-10,15-16H,3-6,11-12,19H2,1-2H3,(H,20,23). The first-order valence-corrected chi connectivity index (χ1v) is 8.32. The van der Waals surface area contributed by atoms with E-state index in [1.165, 1.54) is 12.8 Å².